The molecule has 5 nitrogen and oxygen atoms in total. The Morgan fingerprint density at radius 2 is 2.06 bits per heavy atom. The first-order valence-corrected chi connectivity index (χ1v) is 6.10. The van der Waals surface area contributed by atoms with Crippen molar-refractivity contribution in [2.24, 2.45) is 0 Å². The lowest BCUT2D eigenvalue weighted by atomic mass is 10.3. The van der Waals surface area contributed by atoms with Crippen LogP contribution in [0.5, 0.6) is 0 Å². The van der Waals surface area contributed by atoms with Gasteiger partial charge in [0.05, 0.1) is 6.61 Å². The molecule has 0 saturated heterocycles. The van der Waals surface area contributed by atoms with E-state index >= 15 is 0 Å². The van der Waals surface area contributed by atoms with Crippen LogP contribution in [0.3, 0.4) is 0 Å². The summed E-state index contributed by atoms with van der Waals surface area (Å²) < 4.78 is 12.9. The van der Waals surface area contributed by atoms with Crippen molar-refractivity contribution in [3.63, 3.8) is 0 Å². The molecule has 0 aromatic carbocycles. The number of fused-ring (bicyclic) bond motifs is 1. The van der Waals surface area contributed by atoms with Crippen LogP contribution >= 0.6 is 0 Å². The van der Waals surface area contributed by atoms with E-state index in [1.807, 2.05) is 42.8 Å². The molecule has 1 N–H and O–H groups in total. The fourth-order valence-electron chi connectivity index (χ4n) is 1.85. The Hall–Kier alpha value is -1.43. The molecule has 0 atom stereocenters. The molecule has 0 aliphatic carbocycles. The molecule has 2 aromatic heterocycles. The van der Waals surface area contributed by atoms with E-state index in [-0.39, 0.29) is 6.61 Å². The molecule has 2 aromatic rings. The van der Waals surface area contributed by atoms with Crippen LogP contribution in [0, 0.1) is 0 Å². The van der Waals surface area contributed by atoms with Crippen molar-refractivity contribution in [2.75, 3.05) is 13.2 Å². The van der Waals surface area contributed by atoms with Crippen LogP contribution in [0.2, 0.25) is 0 Å². The smallest absolute Gasteiger partial charge is 0.202 e. The molecule has 0 bridgehead atoms. The molecule has 5 heteroatoms. The monoisotopic (exact) mass is 250 g/mol. The number of hydrogen-bond donors (Lipinski definition) is 1. The minimum absolute atomic E-state index is 0.0330. The average Bonchev–Trinajstić information content (AvgIpc) is 2.82. The standard InChI is InChI=1S/C13H18N2O3/c1-3-17-13(18-4-2)11-8-15-7-5-6-10(9-16)12(15)14-11/h5-8,13,16H,3-4,9H2,1-2H3. The molecule has 2 heterocycles. The fraction of sp³-hybridized carbons (Fsp3) is 0.462. The summed E-state index contributed by atoms with van der Waals surface area (Å²) >= 11 is 0. The summed E-state index contributed by atoms with van der Waals surface area (Å²) in [5.74, 6) is 0. The minimum Gasteiger partial charge on any atom is -0.392 e. The maximum Gasteiger partial charge on any atom is 0.202 e. The highest BCUT2D eigenvalue weighted by molar-refractivity contribution is 5.48. The lowest BCUT2D eigenvalue weighted by Crippen LogP contribution is -2.09. The second kappa shape index (κ2) is 5.95. The number of aliphatic hydroxyl groups excluding tert-OH is 1. The van der Waals surface area contributed by atoms with Crippen LogP contribution in [0.25, 0.3) is 5.65 Å². The lowest BCUT2D eigenvalue weighted by Gasteiger charge is -2.13. The second-order valence-corrected chi connectivity index (χ2v) is 3.83. The van der Waals surface area contributed by atoms with Gasteiger partial charge in [0.25, 0.3) is 0 Å². The minimum atomic E-state index is -0.452. The van der Waals surface area contributed by atoms with Gasteiger partial charge in [-0.05, 0) is 19.9 Å². The normalized spacial score (nSPS) is 11.6. The zero-order valence-electron chi connectivity index (χ0n) is 10.7. The van der Waals surface area contributed by atoms with Crippen LogP contribution in [-0.2, 0) is 16.1 Å². The van der Waals surface area contributed by atoms with E-state index in [4.69, 9.17) is 9.47 Å². The summed E-state index contributed by atoms with van der Waals surface area (Å²) in [5, 5.41) is 9.27. The topological polar surface area (TPSA) is 56.0 Å². The maximum atomic E-state index is 9.27. The molecule has 0 aliphatic heterocycles. The third kappa shape index (κ3) is 2.53. The van der Waals surface area contributed by atoms with E-state index in [9.17, 15) is 5.11 Å². The molecule has 0 saturated carbocycles. The summed E-state index contributed by atoms with van der Waals surface area (Å²) in [7, 11) is 0. The molecule has 18 heavy (non-hydrogen) atoms. The van der Waals surface area contributed by atoms with E-state index < -0.39 is 6.29 Å². The van der Waals surface area contributed by atoms with Crippen LogP contribution in [0.1, 0.15) is 31.4 Å². The molecule has 0 amide bonds. The molecular weight excluding hydrogens is 232 g/mol. The van der Waals surface area contributed by atoms with Crippen molar-refractivity contribution in [3.8, 4) is 0 Å². The number of aromatic nitrogens is 2. The van der Waals surface area contributed by atoms with Gasteiger partial charge in [-0.2, -0.15) is 0 Å². The van der Waals surface area contributed by atoms with Crippen LogP contribution in [0.15, 0.2) is 24.5 Å². The van der Waals surface area contributed by atoms with E-state index in [0.29, 0.717) is 13.2 Å². The highest BCUT2D eigenvalue weighted by Gasteiger charge is 2.16. The van der Waals surface area contributed by atoms with Gasteiger partial charge < -0.3 is 19.0 Å². The van der Waals surface area contributed by atoms with Crippen LogP contribution in [0.4, 0.5) is 0 Å². The Kier molecular flexibility index (Phi) is 4.30. The van der Waals surface area contributed by atoms with Gasteiger partial charge in [-0.15, -0.1) is 0 Å². The van der Waals surface area contributed by atoms with E-state index in [2.05, 4.69) is 4.98 Å². The zero-order chi connectivity index (χ0) is 13.0. The highest BCUT2D eigenvalue weighted by Crippen LogP contribution is 2.20. The van der Waals surface area contributed by atoms with Crippen molar-refractivity contribution in [1.82, 2.24) is 9.38 Å². The maximum absolute atomic E-state index is 9.27. The van der Waals surface area contributed by atoms with Crippen molar-refractivity contribution < 1.29 is 14.6 Å². The Labute approximate surface area is 106 Å². The Morgan fingerprint density at radius 1 is 1.33 bits per heavy atom. The number of hydrogen-bond acceptors (Lipinski definition) is 4. The third-order valence-corrected chi connectivity index (χ3v) is 2.63. The van der Waals surface area contributed by atoms with Crippen molar-refractivity contribution >= 4 is 5.65 Å². The van der Waals surface area contributed by atoms with Gasteiger partial charge in [0.2, 0.25) is 6.29 Å². The van der Waals surface area contributed by atoms with Crippen molar-refractivity contribution in [2.45, 2.75) is 26.7 Å². The van der Waals surface area contributed by atoms with Gasteiger partial charge in [-0.1, -0.05) is 6.07 Å². The van der Waals surface area contributed by atoms with E-state index in [1.165, 1.54) is 0 Å². The SMILES string of the molecule is CCOC(OCC)c1cn2cccc(CO)c2n1. The van der Waals surface area contributed by atoms with Crippen molar-refractivity contribution in [3.05, 3.63) is 35.8 Å². The largest absolute Gasteiger partial charge is 0.392 e. The summed E-state index contributed by atoms with van der Waals surface area (Å²) in [4.78, 5) is 4.47. The Balaban J connectivity index is 2.38. The summed E-state index contributed by atoms with van der Waals surface area (Å²) in [5.41, 5.74) is 2.24. The van der Waals surface area contributed by atoms with Gasteiger partial charge in [0.15, 0.2) is 0 Å². The third-order valence-electron chi connectivity index (χ3n) is 2.63. The molecule has 0 fully saturated rings. The predicted octanol–water partition coefficient (Wildman–Crippen LogP) is 1.90. The number of aliphatic hydroxyl groups is 1. The van der Waals surface area contributed by atoms with E-state index in [1.54, 1.807) is 0 Å². The van der Waals surface area contributed by atoms with E-state index in [0.717, 1.165) is 16.9 Å². The summed E-state index contributed by atoms with van der Waals surface area (Å²) in [6.45, 7) is 4.92. The second-order valence-electron chi connectivity index (χ2n) is 3.83. The van der Waals surface area contributed by atoms with Gasteiger partial charge in [0, 0.05) is 31.2 Å². The van der Waals surface area contributed by atoms with Gasteiger partial charge in [-0.25, -0.2) is 4.98 Å². The first-order chi connectivity index (χ1) is 8.80. The first kappa shape index (κ1) is 13.0. The number of ether oxygens (including phenoxy) is 2. The number of imidazole rings is 1. The lowest BCUT2D eigenvalue weighted by molar-refractivity contribution is -0.142. The zero-order valence-corrected chi connectivity index (χ0v) is 10.7. The first-order valence-electron chi connectivity index (χ1n) is 6.10. The number of pyridine rings is 1. The number of nitrogens with zero attached hydrogens (tertiary/aromatic N) is 2. The molecule has 0 radical (unpaired) electrons. The predicted molar refractivity (Wildman–Crippen MR) is 67.1 cm³/mol. The quantitative estimate of drug-likeness (QED) is 0.795. The molecule has 2 rings (SSSR count). The molecular formula is C13H18N2O3. The van der Waals surface area contributed by atoms with Crippen LogP contribution in [-0.4, -0.2) is 27.7 Å². The highest BCUT2D eigenvalue weighted by atomic mass is 16.7. The van der Waals surface area contributed by atoms with Crippen molar-refractivity contribution in [1.29, 1.82) is 0 Å². The molecule has 98 valence electrons. The van der Waals surface area contributed by atoms with Gasteiger partial charge >= 0.3 is 0 Å². The van der Waals surface area contributed by atoms with Gasteiger partial charge in [-0.3, -0.25) is 0 Å². The average molecular weight is 250 g/mol. The molecule has 0 aliphatic rings. The summed E-state index contributed by atoms with van der Waals surface area (Å²) in [6.07, 6.45) is 3.30. The summed E-state index contributed by atoms with van der Waals surface area (Å²) in [6, 6.07) is 3.73. The van der Waals surface area contributed by atoms with Crippen LogP contribution < -0.4 is 0 Å². The Bertz CT molecular complexity index is 504. The number of rotatable bonds is 6. The molecule has 0 spiro atoms. The van der Waals surface area contributed by atoms with Gasteiger partial charge in [0.1, 0.15) is 11.3 Å². The molecule has 0 unspecified atom stereocenters. The fourth-order valence-corrected chi connectivity index (χ4v) is 1.85. The Morgan fingerprint density at radius 3 is 2.67 bits per heavy atom.